The van der Waals surface area contributed by atoms with Gasteiger partial charge in [-0.3, -0.25) is 4.79 Å². The molecule has 0 aliphatic rings. The lowest BCUT2D eigenvalue weighted by molar-refractivity contribution is 0.0979. The predicted molar refractivity (Wildman–Crippen MR) is 71.7 cm³/mol. The molecule has 0 aliphatic carbocycles. The van der Waals surface area contributed by atoms with Crippen LogP contribution < -0.4 is 0 Å². The third-order valence-corrected chi connectivity index (χ3v) is 2.24. The van der Waals surface area contributed by atoms with Gasteiger partial charge in [0.25, 0.3) is 0 Å². The Labute approximate surface area is 99.2 Å². The van der Waals surface area contributed by atoms with Crippen molar-refractivity contribution in [2.75, 3.05) is 0 Å². The molecule has 1 aromatic carbocycles. The van der Waals surface area contributed by atoms with Crippen LogP contribution in [-0.4, -0.2) is 5.78 Å². The Bertz CT molecular complexity index is 326. The second-order valence-electron chi connectivity index (χ2n) is 3.32. The Morgan fingerprint density at radius 3 is 2.50 bits per heavy atom. The molecule has 0 heterocycles. The molecule has 0 saturated carbocycles. The Kier molecular flexibility index (Phi) is 8.14. The van der Waals surface area contributed by atoms with Crippen molar-refractivity contribution in [1.82, 2.24) is 0 Å². The second kappa shape index (κ2) is 8.90. The molecule has 0 spiro atoms. The van der Waals surface area contributed by atoms with Crippen molar-refractivity contribution in [3.8, 4) is 0 Å². The summed E-state index contributed by atoms with van der Waals surface area (Å²) in [7, 11) is 0. The summed E-state index contributed by atoms with van der Waals surface area (Å²) >= 11 is 0. The minimum atomic E-state index is 0.224. The lowest BCUT2D eigenvalue weighted by Gasteiger charge is -2.03. The predicted octanol–water partition coefficient (Wildman–Crippen LogP) is 4.73. The highest BCUT2D eigenvalue weighted by molar-refractivity contribution is 5.99. The van der Waals surface area contributed by atoms with E-state index in [1.807, 2.05) is 38.1 Å². The van der Waals surface area contributed by atoms with Gasteiger partial charge in [0.2, 0.25) is 0 Å². The highest BCUT2D eigenvalue weighted by Gasteiger charge is 2.07. The van der Waals surface area contributed by atoms with Gasteiger partial charge in [-0.05, 0) is 12.0 Å². The zero-order chi connectivity index (χ0) is 12.4. The van der Waals surface area contributed by atoms with Crippen LogP contribution in [0.3, 0.4) is 0 Å². The smallest absolute Gasteiger partial charge is 0.163 e. The summed E-state index contributed by atoms with van der Waals surface area (Å²) in [6.07, 6.45) is 4.40. The van der Waals surface area contributed by atoms with Crippen molar-refractivity contribution in [2.45, 2.75) is 40.0 Å². The number of benzene rings is 1. The molecule has 16 heavy (non-hydrogen) atoms. The normalized spacial score (nSPS) is 8.94. The van der Waals surface area contributed by atoms with Gasteiger partial charge in [0, 0.05) is 12.0 Å². The summed E-state index contributed by atoms with van der Waals surface area (Å²) in [5.41, 5.74) is 1.74. The first-order valence-corrected chi connectivity index (χ1v) is 6.04. The average Bonchev–Trinajstić information content (AvgIpc) is 2.38. The average molecular weight is 218 g/mol. The van der Waals surface area contributed by atoms with Crippen LogP contribution >= 0.6 is 0 Å². The van der Waals surface area contributed by atoms with Gasteiger partial charge in [-0.1, -0.05) is 64.1 Å². The van der Waals surface area contributed by atoms with E-state index in [1.54, 1.807) is 6.08 Å². The highest BCUT2D eigenvalue weighted by Crippen LogP contribution is 2.13. The van der Waals surface area contributed by atoms with Crippen LogP contribution in [0.1, 0.15) is 56.0 Å². The van der Waals surface area contributed by atoms with E-state index >= 15 is 0 Å². The van der Waals surface area contributed by atoms with Gasteiger partial charge >= 0.3 is 0 Å². The third kappa shape index (κ3) is 4.43. The fourth-order valence-electron chi connectivity index (χ4n) is 1.40. The van der Waals surface area contributed by atoms with E-state index in [1.165, 1.54) is 0 Å². The minimum absolute atomic E-state index is 0.224. The van der Waals surface area contributed by atoms with Gasteiger partial charge in [0.05, 0.1) is 0 Å². The SMILES string of the molecule is C=Cc1ccccc1C(=O)CCCC.CC. The molecule has 0 bridgehead atoms. The molecule has 0 radical (unpaired) electrons. The van der Waals surface area contributed by atoms with Crippen molar-refractivity contribution >= 4 is 11.9 Å². The van der Waals surface area contributed by atoms with Crippen LogP contribution in [0.4, 0.5) is 0 Å². The fraction of sp³-hybridized carbons (Fsp3) is 0.400. The minimum Gasteiger partial charge on any atom is -0.294 e. The second-order valence-corrected chi connectivity index (χ2v) is 3.32. The molecular formula is C15H22O. The Balaban J connectivity index is 0.00000106. The van der Waals surface area contributed by atoms with Gasteiger partial charge in [-0.2, -0.15) is 0 Å². The van der Waals surface area contributed by atoms with Crippen molar-refractivity contribution < 1.29 is 4.79 Å². The first-order valence-electron chi connectivity index (χ1n) is 6.04. The molecule has 1 nitrogen and oxygen atoms in total. The summed E-state index contributed by atoms with van der Waals surface area (Å²) in [5, 5.41) is 0. The fourth-order valence-corrected chi connectivity index (χ4v) is 1.40. The van der Waals surface area contributed by atoms with E-state index in [9.17, 15) is 4.79 Å². The largest absolute Gasteiger partial charge is 0.294 e. The highest BCUT2D eigenvalue weighted by atomic mass is 16.1. The van der Waals surface area contributed by atoms with E-state index in [0.29, 0.717) is 6.42 Å². The summed E-state index contributed by atoms with van der Waals surface area (Å²) in [5.74, 6) is 0.224. The lowest BCUT2D eigenvalue weighted by atomic mass is 10.0. The van der Waals surface area contributed by atoms with Crippen LogP contribution in [0.25, 0.3) is 6.08 Å². The molecule has 0 aromatic heterocycles. The molecule has 0 unspecified atom stereocenters. The molecule has 1 rings (SSSR count). The van der Waals surface area contributed by atoms with Crippen molar-refractivity contribution in [3.05, 3.63) is 42.0 Å². The Morgan fingerprint density at radius 1 is 1.31 bits per heavy atom. The van der Waals surface area contributed by atoms with Gasteiger partial charge in [0.1, 0.15) is 0 Å². The summed E-state index contributed by atoms with van der Waals surface area (Å²) in [4.78, 5) is 11.7. The molecule has 1 heteroatoms. The zero-order valence-electron chi connectivity index (χ0n) is 10.6. The number of hydrogen-bond acceptors (Lipinski definition) is 1. The Hall–Kier alpha value is -1.37. The molecule has 0 atom stereocenters. The first kappa shape index (κ1) is 14.6. The van der Waals surface area contributed by atoms with Gasteiger partial charge in [-0.25, -0.2) is 0 Å². The maximum atomic E-state index is 11.7. The molecule has 0 fully saturated rings. The molecule has 0 saturated heterocycles. The standard InChI is InChI=1S/C13H16O.C2H6/c1-3-5-10-13(14)12-9-7-6-8-11(12)4-2;1-2/h4,6-9H,2-3,5,10H2,1H3;1-2H3. The summed E-state index contributed by atoms with van der Waals surface area (Å²) < 4.78 is 0. The molecule has 0 N–H and O–H groups in total. The van der Waals surface area contributed by atoms with Crippen LogP contribution in [0, 0.1) is 0 Å². The molecule has 88 valence electrons. The number of ketones is 1. The number of carbonyl (C=O) groups is 1. The van der Waals surface area contributed by atoms with Crippen molar-refractivity contribution in [1.29, 1.82) is 0 Å². The van der Waals surface area contributed by atoms with Crippen LogP contribution in [0.5, 0.6) is 0 Å². The van der Waals surface area contributed by atoms with E-state index in [2.05, 4.69) is 13.5 Å². The van der Waals surface area contributed by atoms with Gasteiger partial charge in [-0.15, -0.1) is 0 Å². The van der Waals surface area contributed by atoms with Crippen LogP contribution in [0.2, 0.25) is 0 Å². The maximum Gasteiger partial charge on any atom is 0.163 e. The Morgan fingerprint density at radius 2 is 1.94 bits per heavy atom. The summed E-state index contributed by atoms with van der Waals surface area (Å²) in [6.45, 7) is 9.79. The van der Waals surface area contributed by atoms with E-state index in [0.717, 1.165) is 24.0 Å². The number of unbranched alkanes of at least 4 members (excludes halogenated alkanes) is 1. The van der Waals surface area contributed by atoms with E-state index in [4.69, 9.17) is 0 Å². The third-order valence-electron chi connectivity index (χ3n) is 2.24. The number of Topliss-reactive ketones (excluding diaryl/α,β-unsaturated/α-hetero) is 1. The number of carbonyl (C=O) groups excluding carboxylic acids is 1. The van der Waals surface area contributed by atoms with E-state index < -0.39 is 0 Å². The monoisotopic (exact) mass is 218 g/mol. The molecular weight excluding hydrogens is 196 g/mol. The van der Waals surface area contributed by atoms with Crippen LogP contribution in [-0.2, 0) is 0 Å². The van der Waals surface area contributed by atoms with Crippen molar-refractivity contribution in [2.24, 2.45) is 0 Å². The molecule has 0 aliphatic heterocycles. The number of hydrogen-bond donors (Lipinski definition) is 0. The van der Waals surface area contributed by atoms with Gasteiger partial charge < -0.3 is 0 Å². The topological polar surface area (TPSA) is 17.1 Å². The van der Waals surface area contributed by atoms with Crippen molar-refractivity contribution in [3.63, 3.8) is 0 Å². The first-order chi connectivity index (χ1) is 7.79. The van der Waals surface area contributed by atoms with Gasteiger partial charge in [0.15, 0.2) is 5.78 Å². The maximum absolute atomic E-state index is 11.7. The zero-order valence-corrected chi connectivity index (χ0v) is 10.6. The summed E-state index contributed by atoms with van der Waals surface area (Å²) in [6, 6.07) is 7.61. The molecule has 0 amide bonds. The van der Waals surface area contributed by atoms with E-state index in [-0.39, 0.29) is 5.78 Å². The van der Waals surface area contributed by atoms with Crippen LogP contribution in [0.15, 0.2) is 30.8 Å². The molecule has 1 aromatic rings. The lowest BCUT2D eigenvalue weighted by Crippen LogP contribution is -2.00. The number of rotatable bonds is 5. The quantitative estimate of drug-likeness (QED) is 0.653.